The number of hydrogen-bond donors (Lipinski definition) is 4. The molecular formula is C27H27NO7. The van der Waals surface area contributed by atoms with E-state index in [1.54, 1.807) is 6.92 Å². The molecule has 8 nitrogen and oxygen atoms in total. The number of phenols is 2. The van der Waals surface area contributed by atoms with Gasteiger partial charge in [0.15, 0.2) is 17.3 Å². The zero-order chi connectivity index (χ0) is 25.7. The molecule has 2 aromatic rings. The maximum atomic E-state index is 13.8. The number of ketones is 3. The lowest BCUT2D eigenvalue weighted by molar-refractivity contribution is -0.123. The lowest BCUT2D eigenvalue weighted by Crippen LogP contribution is -2.42. The fourth-order valence-electron chi connectivity index (χ4n) is 4.80. The lowest BCUT2D eigenvalue weighted by Gasteiger charge is -2.29. The Kier molecular flexibility index (Phi) is 6.02. The molecule has 1 aliphatic heterocycles. The first kappa shape index (κ1) is 24.2. The molecular weight excluding hydrogens is 450 g/mol. The van der Waals surface area contributed by atoms with Gasteiger partial charge >= 0.3 is 0 Å². The van der Waals surface area contributed by atoms with Gasteiger partial charge in [0.25, 0.3) is 0 Å². The first-order chi connectivity index (χ1) is 16.5. The van der Waals surface area contributed by atoms with Crippen molar-refractivity contribution in [3.8, 4) is 17.2 Å². The third-order valence-electron chi connectivity index (χ3n) is 6.73. The van der Waals surface area contributed by atoms with Crippen molar-refractivity contribution in [3.05, 3.63) is 75.7 Å². The number of ether oxygens (including phenoxy) is 1. The van der Waals surface area contributed by atoms with Crippen LogP contribution < -0.4 is 10.1 Å². The number of fused-ring (bicyclic) bond motifs is 3. The van der Waals surface area contributed by atoms with Crippen LogP contribution in [0.4, 0.5) is 0 Å². The van der Waals surface area contributed by atoms with Crippen LogP contribution in [0.3, 0.4) is 0 Å². The summed E-state index contributed by atoms with van der Waals surface area (Å²) in [5.41, 5.74) is -0.542. The van der Waals surface area contributed by atoms with E-state index in [4.69, 9.17) is 4.74 Å². The molecule has 0 aromatic heterocycles. The summed E-state index contributed by atoms with van der Waals surface area (Å²) in [6.45, 7) is 5.54. The van der Waals surface area contributed by atoms with E-state index >= 15 is 0 Å². The fraction of sp³-hybridized carbons (Fsp3) is 0.296. The summed E-state index contributed by atoms with van der Waals surface area (Å²) in [4.78, 5) is 39.2. The summed E-state index contributed by atoms with van der Waals surface area (Å²) in [5, 5.41) is 34.3. The van der Waals surface area contributed by atoms with Crippen molar-refractivity contribution in [1.82, 2.24) is 5.32 Å². The maximum Gasteiger partial charge on any atom is 0.194 e. The van der Waals surface area contributed by atoms with Gasteiger partial charge in [0.1, 0.15) is 34.0 Å². The molecule has 2 aliphatic rings. The largest absolute Gasteiger partial charge is 0.507 e. The minimum absolute atomic E-state index is 0.0233. The highest BCUT2D eigenvalue weighted by molar-refractivity contribution is 6.31. The lowest BCUT2D eigenvalue weighted by atomic mass is 9.70. The summed E-state index contributed by atoms with van der Waals surface area (Å²) in [5.74, 6) is -2.68. The number of benzene rings is 2. The van der Waals surface area contributed by atoms with E-state index < -0.39 is 34.6 Å². The highest BCUT2D eigenvalue weighted by atomic mass is 16.5. The van der Waals surface area contributed by atoms with E-state index in [0.717, 1.165) is 5.56 Å². The van der Waals surface area contributed by atoms with Gasteiger partial charge in [-0.3, -0.25) is 14.4 Å². The molecule has 4 N–H and O–H groups in total. The minimum Gasteiger partial charge on any atom is -0.507 e. The van der Waals surface area contributed by atoms with E-state index in [1.807, 2.05) is 30.3 Å². The second-order valence-corrected chi connectivity index (χ2v) is 9.10. The molecule has 0 fully saturated rings. The third-order valence-corrected chi connectivity index (χ3v) is 6.73. The van der Waals surface area contributed by atoms with Crippen molar-refractivity contribution in [2.75, 3.05) is 6.61 Å². The average Bonchev–Trinajstić information content (AvgIpc) is 3.10. The summed E-state index contributed by atoms with van der Waals surface area (Å²) < 4.78 is 5.77. The predicted octanol–water partition coefficient (Wildman–Crippen LogP) is 2.76. The van der Waals surface area contributed by atoms with Gasteiger partial charge < -0.3 is 25.4 Å². The number of carbonyl (C=O) groups excluding carboxylic acids is 3. The van der Waals surface area contributed by atoms with Crippen molar-refractivity contribution in [2.45, 2.75) is 45.6 Å². The van der Waals surface area contributed by atoms with E-state index in [9.17, 15) is 29.7 Å². The van der Waals surface area contributed by atoms with Crippen molar-refractivity contribution in [3.63, 3.8) is 0 Å². The summed E-state index contributed by atoms with van der Waals surface area (Å²) in [6, 6.07) is 9.04. The molecule has 8 heteroatoms. The highest BCUT2D eigenvalue weighted by Gasteiger charge is 2.56. The Morgan fingerprint density at radius 1 is 1.11 bits per heavy atom. The molecule has 0 saturated heterocycles. The van der Waals surface area contributed by atoms with E-state index in [0.29, 0.717) is 6.42 Å². The molecule has 2 aromatic carbocycles. The van der Waals surface area contributed by atoms with Crippen LogP contribution in [0.15, 0.2) is 53.4 Å². The van der Waals surface area contributed by atoms with Crippen LogP contribution in [0, 0.1) is 6.92 Å². The van der Waals surface area contributed by atoms with Crippen LogP contribution in [0.25, 0.3) is 0 Å². The maximum absolute atomic E-state index is 13.8. The summed E-state index contributed by atoms with van der Waals surface area (Å²) in [7, 11) is 0. The predicted molar refractivity (Wildman–Crippen MR) is 127 cm³/mol. The number of phenolic OH excluding ortho intramolecular Hbond substituents is 2. The van der Waals surface area contributed by atoms with Gasteiger partial charge in [-0.25, -0.2) is 0 Å². The molecule has 0 spiro atoms. The molecule has 35 heavy (non-hydrogen) atoms. The summed E-state index contributed by atoms with van der Waals surface area (Å²) >= 11 is 0. The number of allylic oxidation sites excluding steroid dienone is 4. The van der Waals surface area contributed by atoms with Gasteiger partial charge in [-0.1, -0.05) is 30.3 Å². The van der Waals surface area contributed by atoms with Crippen molar-refractivity contribution < 1.29 is 34.4 Å². The molecule has 0 bridgehead atoms. The van der Waals surface area contributed by atoms with Crippen LogP contribution in [-0.2, 0) is 21.4 Å². The Balaban J connectivity index is 1.80. The SMILES string of the molecule is CC(=O)c1c(O)c(C)c(O)c2c1OC1=CC(=O)/C(=C(/C)NC(CO)Cc3ccccc3)C(=O)[C@@]12C. The normalized spacial score (nSPS) is 21.0. The number of Topliss-reactive ketones (excluding diaryl/α,β-unsaturated/α-hetero) is 2. The van der Waals surface area contributed by atoms with Crippen LogP contribution in [0.1, 0.15) is 47.8 Å². The molecule has 0 radical (unpaired) electrons. The second kappa shape index (κ2) is 8.70. The molecule has 0 amide bonds. The average molecular weight is 478 g/mol. The molecule has 2 atom stereocenters. The minimum atomic E-state index is -1.58. The number of aliphatic hydroxyl groups is 1. The standard InChI is InChI=1S/C27H27NO7/c1-13-23(32)21(15(3)30)25-22(24(13)33)27(4)19(35-25)11-18(31)20(26(27)34)14(2)28-17(12-29)10-16-8-6-5-7-9-16/h5-9,11,17,28-29,32-33H,10,12H2,1-4H3/b20-14+/t17?,27-/m0/s1. The number of nitrogens with one attached hydrogen (secondary N) is 1. The van der Waals surface area contributed by atoms with Crippen LogP contribution in [-0.4, -0.2) is 45.3 Å². The van der Waals surface area contributed by atoms with Crippen molar-refractivity contribution in [2.24, 2.45) is 0 Å². The molecule has 4 rings (SSSR count). The van der Waals surface area contributed by atoms with Gasteiger partial charge in [0, 0.05) is 17.3 Å². The van der Waals surface area contributed by atoms with E-state index in [1.165, 1.54) is 26.8 Å². The quantitative estimate of drug-likeness (QED) is 0.284. The molecule has 1 aliphatic carbocycles. The molecule has 0 saturated carbocycles. The fourth-order valence-corrected chi connectivity index (χ4v) is 4.80. The Morgan fingerprint density at radius 3 is 2.37 bits per heavy atom. The van der Waals surface area contributed by atoms with E-state index in [-0.39, 0.29) is 51.8 Å². The monoisotopic (exact) mass is 477 g/mol. The summed E-state index contributed by atoms with van der Waals surface area (Å²) in [6.07, 6.45) is 1.64. The zero-order valence-electron chi connectivity index (χ0n) is 19.9. The number of carbonyl (C=O) groups is 3. The smallest absolute Gasteiger partial charge is 0.194 e. The van der Waals surface area contributed by atoms with Gasteiger partial charge in [-0.15, -0.1) is 0 Å². The highest BCUT2D eigenvalue weighted by Crippen LogP contribution is 2.57. The van der Waals surface area contributed by atoms with Gasteiger partial charge in [-0.2, -0.15) is 0 Å². The molecule has 1 heterocycles. The molecule has 182 valence electrons. The first-order valence-electron chi connectivity index (χ1n) is 11.2. The Bertz CT molecular complexity index is 1320. The van der Waals surface area contributed by atoms with Crippen molar-refractivity contribution >= 4 is 17.3 Å². The number of aromatic hydroxyl groups is 2. The number of aliphatic hydroxyl groups excluding tert-OH is 1. The molecule has 1 unspecified atom stereocenters. The number of rotatable bonds is 6. The Hall–Kier alpha value is -3.91. The van der Waals surface area contributed by atoms with Gasteiger partial charge in [0.2, 0.25) is 0 Å². The van der Waals surface area contributed by atoms with E-state index in [2.05, 4.69) is 5.32 Å². The Labute approximate surface area is 202 Å². The second-order valence-electron chi connectivity index (χ2n) is 9.10. The van der Waals surface area contributed by atoms with Crippen LogP contribution in [0.5, 0.6) is 17.2 Å². The zero-order valence-corrected chi connectivity index (χ0v) is 19.9. The topological polar surface area (TPSA) is 133 Å². The van der Waals surface area contributed by atoms with Crippen LogP contribution in [0.2, 0.25) is 0 Å². The van der Waals surface area contributed by atoms with Crippen LogP contribution >= 0.6 is 0 Å². The Morgan fingerprint density at radius 2 is 1.77 bits per heavy atom. The van der Waals surface area contributed by atoms with Gasteiger partial charge in [-0.05, 0) is 39.7 Å². The number of hydrogen-bond acceptors (Lipinski definition) is 8. The third kappa shape index (κ3) is 3.70. The first-order valence-corrected chi connectivity index (χ1v) is 11.2. The van der Waals surface area contributed by atoms with Crippen molar-refractivity contribution in [1.29, 1.82) is 0 Å². The van der Waals surface area contributed by atoms with Gasteiger partial charge in [0.05, 0.1) is 23.8 Å².